The van der Waals surface area contributed by atoms with Crippen molar-refractivity contribution < 1.29 is 0 Å². The molecule has 4 heterocycles. The molecule has 0 radical (unpaired) electrons. The molecule has 1 fully saturated rings. The molecule has 1 saturated carbocycles. The number of nitrogens with zero attached hydrogens (tertiary/aromatic N) is 6. The third kappa shape index (κ3) is 3.36. The van der Waals surface area contributed by atoms with Gasteiger partial charge in [-0.25, -0.2) is 4.98 Å². The number of aryl methyl sites for hydroxylation is 2. The molecule has 1 aliphatic heterocycles. The van der Waals surface area contributed by atoms with E-state index in [0.29, 0.717) is 6.04 Å². The quantitative estimate of drug-likeness (QED) is 0.317. The van der Waals surface area contributed by atoms with Crippen LogP contribution in [0, 0.1) is 0 Å². The molecule has 0 spiro atoms. The zero-order valence-corrected chi connectivity index (χ0v) is 21.6. The summed E-state index contributed by atoms with van der Waals surface area (Å²) in [6.07, 6.45) is 9.98. The van der Waals surface area contributed by atoms with Crippen molar-refractivity contribution in [3.8, 4) is 11.3 Å². The highest BCUT2D eigenvalue weighted by Crippen LogP contribution is 2.50. The fourth-order valence-corrected chi connectivity index (χ4v) is 7.11. The van der Waals surface area contributed by atoms with Gasteiger partial charge in [-0.1, -0.05) is 61.1 Å². The molecule has 3 aromatic heterocycles. The van der Waals surface area contributed by atoms with Gasteiger partial charge in [-0.3, -0.25) is 8.65 Å². The second-order valence-electron chi connectivity index (χ2n) is 9.53. The SMILES string of the molecule is C=C1N(C)c2cnc3c(cc(-c4cn(C)nc4CC)n3S(=C)c3ccccc3)c2N1C1CCCC1. The molecule has 0 N–H and O–H groups in total. The number of aromatic nitrogens is 4. The maximum atomic E-state index is 5.05. The van der Waals surface area contributed by atoms with E-state index >= 15 is 0 Å². The van der Waals surface area contributed by atoms with Crippen molar-refractivity contribution in [2.75, 3.05) is 16.8 Å². The van der Waals surface area contributed by atoms with Crippen LogP contribution in [0.15, 0.2) is 66.1 Å². The Hall–Kier alpha value is -3.32. The normalized spacial score (nSPS) is 17.1. The Kier molecular flexibility index (Phi) is 5.33. The van der Waals surface area contributed by atoms with Crippen LogP contribution < -0.4 is 9.80 Å². The summed E-state index contributed by atoms with van der Waals surface area (Å²) in [4.78, 5) is 10.9. The molecule has 6 rings (SSSR count). The van der Waals surface area contributed by atoms with Gasteiger partial charge in [-0.2, -0.15) is 5.10 Å². The Morgan fingerprint density at radius 3 is 2.57 bits per heavy atom. The molecular weight excluding hydrogens is 452 g/mol. The molecule has 2 aliphatic rings. The van der Waals surface area contributed by atoms with Crippen LogP contribution in [0.5, 0.6) is 0 Å². The third-order valence-electron chi connectivity index (χ3n) is 7.45. The standard InChI is InChI=1S/C28H32N6S/c1-6-24-23(18-31(3)30-24)25-16-22-27-26(32(4)19(2)33(27)20-12-10-11-13-20)17-29-28(22)34(25)35(5)21-14-8-7-9-15-21/h7-9,14-18,20H,2,5-6,10-13H2,1,3-4H3. The average Bonchev–Trinajstić information content (AvgIpc) is 3.65. The first kappa shape index (κ1) is 22.2. The Bertz CT molecular complexity index is 1460. The maximum Gasteiger partial charge on any atom is 0.152 e. The largest absolute Gasteiger partial charge is 0.328 e. The average molecular weight is 485 g/mol. The molecule has 0 saturated heterocycles. The molecular formula is C28H32N6S. The predicted octanol–water partition coefficient (Wildman–Crippen LogP) is 6.19. The molecule has 4 aromatic rings. The van der Waals surface area contributed by atoms with Crippen molar-refractivity contribution in [3.05, 3.63) is 66.9 Å². The number of benzene rings is 1. The Balaban J connectivity index is 1.65. The van der Waals surface area contributed by atoms with E-state index in [2.05, 4.69) is 82.8 Å². The van der Waals surface area contributed by atoms with Crippen LogP contribution in [0.1, 0.15) is 38.3 Å². The topological polar surface area (TPSA) is 42.1 Å². The first-order chi connectivity index (χ1) is 17.0. The lowest BCUT2D eigenvalue weighted by molar-refractivity contribution is 0.660. The van der Waals surface area contributed by atoms with Crippen molar-refractivity contribution in [3.63, 3.8) is 0 Å². The van der Waals surface area contributed by atoms with Crippen molar-refractivity contribution in [2.24, 2.45) is 7.05 Å². The molecule has 1 atom stereocenters. The fourth-order valence-electron chi connectivity index (χ4n) is 5.69. The van der Waals surface area contributed by atoms with Gasteiger partial charge in [0.25, 0.3) is 0 Å². The Morgan fingerprint density at radius 1 is 1.11 bits per heavy atom. The number of fused-ring (bicyclic) bond motifs is 3. The van der Waals surface area contributed by atoms with Crippen molar-refractivity contribution >= 4 is 38.9 Å². The van der Waals surface area contributed by atoms with Gasteiger partial charge in [0.15, 0.2) is 5.65 Å². The Labute approximate surface area is 209 Å². The summed E-state index contributed by atoms with van der Waals surface area (Å²) in [5.41, 5.74) is 6.70. The van der Waals surface area contributed by atoms with Crippen LogP contribution in [0.25, 0.3) is 22.3 Å². The molecule has 0 bridgehead atoms. The summed E-state index contributed by atoms with van der Waals surface area (Å²) in [5, 5.41) is 5.92. The molecule has 180 valence electrons. The van der Waals surface area contributed by atoms with Crippen LogP contribution >= 0.6 is 10.7 Å². The summed E-state index contributed by atoms with van der Waals surface area (Å²) < 4.78 is 4.24. The van der Waals surface area contributed by atoms with Crippen LogP contribution in [-0.4, -0.2) is 37.7 Å². The highest BCUT2D eigenvalue weighted by Gasteiger charge is 2.37. The highest BCUT2D eigenvalue weighted by molar-refractivity contribution is 8.13. The molecule has 1 unspecified atom stereocenters. The smallest absolute Gasteiger partial charge is 0.152 e. The van der Waals surface area contributed by atoms with Crippen LogP contribution in [0.2, 0.25) is 0 Å². The van der Waals surface area contributed by atoms with Crippen molar-refractivity contribution in [1.82, 2.24) is 18.7 Å². The lowest BCUT2D eigenvalue weighted by Gasteiger charge is -2.28. The number of pyridine rings is 1. The minimum Gasteiger partial charge on any atom is -0.328 e. The first-order valence-electron chi connectivity index (χ1n) is 12.4. The number of hydrogen-bond donors (Lipinski definition) is 0. The van der Waals surface area contributed by atoms with E-state index in [1.54, 1.807) is 0 Å². The van der Waals surface area contributed by atoms with E-state index in [-0.39, 0.29) is 0 Å². The number of hydrogen-bond acceptors (Lipinski definition) is 4. The van der Waals surface area contributed by atoms with E-state index in [1.165, 1.54) is 36.3 Å². The van der Waals surface area contributed by atoms with Crippen LogP contribution in [-0.2, 0) is 13.5 Å². The summed E-state index contributed by atoms with van der Waals surface area (Å²) >= 11 is 0. The molecule has 6 nitrogen and oxygen atoms in total. The maximum absolute atomic E-state index is 5.05. The van der Waals surface area contributed by atoms with Gasteiger partial charge in [0.2, 0.25) is 0 Å². The van der Waals surface area contributed by atoms with Crippen LogP contribution in [0.4, 0.5) is 11.4 Å². The minimum absolute atomic E-state index is 0.468. The van der Waals surface area contributed by atoms with Gasteiger partial charge in [-0.05, 0) is 37.5 Å². The van der Waals surface area contributed by atoms with Crippen molar-refractivity contribution in [2.45, 2.75) is 50.0 Å². The van der Waals surface area contributed by atoms with E-state index in [1.807, 2.05) is 17.9 Å². The molecule has 7 heteroatoms. The second-order valence-corrected chi connectivity index (χ2v) is 11.1. The van der Waals surface area contributed by atoms with Gasteiger partial charge in [-0.15, -0.1) is 0 Å². The molecule has 1 aromatic carbocycles. The Morgan fingerprint density at radius 2 is 1.86 bits per heavy atom. The highest BCUT2D eigenvalue weighted by atomic mass is 32.2. The summed E-state index contributed by atoms with van der Waals surface area (Å²) in [6.45, 7) is 6.64. The second kappa shape index (κ2) is 8.41. The third-order valence-corrected chi connectivity index (χ3v) is 9.08. The zero-order valence-electron chi connectivity index (χ0n) is 20.7. The van der Waals surface area contributed by atoms with Gasteiger partial charge in [0.05, 0.1) is 29.0 Å². The van der Waals surface area contributed by atoms with Gasteiger partial charge < -0.3 is 9.80 Å². The van der Waals surface area contributed by atoms with E-state index in [0.717, 1.165) is 45.9 Å². The fraction of sp³-hybridized carbons (Fsp3) is 0.321. The lowest BCUT2D eigenvalue weighted by atomic mass is 10.1. The molecule has 1 aliphatic carbocycles. The first-order valence-corrected chi connectivity index (χ1v) is 13.7. The number of anilines is 2. The van der Waals surface area contributed by atoms with Gasteiger partial charge in [0, 0.05) is 42.2 Å². The summed E-state index contributed by atoms with van der Waals surface area (Å²) in [7, 11) is 3.63. The molecule has 35 heavy (non-hydrogen) atoms. The van der Waals surface area contributed by atoms with Crippen LogP contribution in [0.3, 0.4) is 0 Å². The van der Waals surface area contributed by atoms with E-state index in [4.69, 9.17) is 10.1 Å². The number of rotatable bonds is 5. The van der Waals surface area contributed by atoms with E-state index in [9.17, 15) is 0 Å². The van der Waals surface area contributed by atoms with Crippen molar-refractivity contribution in [1.29, 1.82) is 0 Å². The minimum atomic E-state index is -0.468. The lowest BCUT2D eigenvalue weighted by Crippen LogP contribution is -2.33. The zero-order chi connectivity index (χ0) is 24.3. The van der Waals surface area contributed by atoms with E-state index < -0.39 is 10.7 Å². The predicted molar refractivity (Wildman–Crippen MR) is 148 cm³/mol. The summed E-state index contributed by atoms with van der Waals surface area (Å²) in [5.74, 6) is 5.70. The van der Waals surface area contributed by atoms with Gasteiger partial charge in [0.1, 0.15) is 5.82 Å². The van der Waals surface area contributed by atoms with Gasteiger partial charge >= 0.3 is 0 Å². The summed E-state index contributed by atoms with van der Waals surface area (Å²) in [6, 6.07) is 13.3. The monoisotopic (exact) mass is 484 g/mol. The molecule has 0 amide bonds.